The van der Waals surface area contributed by atoms with E-state index in [0.29, 0.717) is 26.1 Å². The summed E-state index contributed by atoms with van der Waals surface area (Å²) in [6, 6.07) is 14.5. The van der Waals surface area contributed by atoms with Gasteiger partial charge in [0.1, 0.15) is 5.75 Å². The molecular formula is C23H28BrN3O4S. The van der Waals surface area contributed by atoms with Crippen LogP contribution < -0.4 is 9.64 Å². The molecule has 1 amide bonds. The lowest BCUT2D eigenvalue weighted by atomic mass is 9.97. The van der Waals surface area contributed by atoms with E-state index in [4.69, 9.17) is 4.74 Å². The molecule has 0 N–H and O–H groups in total. The topological polar surface area (TPSA) is 70.2 Å². The van der Waals surface area contributed by atoms with Gasteiger partial charge in [0, 0.05) is 43.7 Å². The Bertz CT molecular complexity index is 1050. The third kappa shape index (κ3) is 4.79. The van der Waals surface area contributed by atoms with Crippen LogP contribution in [-0.2, 0) is 14.8 Å². The Balaban J connectivity index is 1.39. The van der Waals surface area contributed by atoms with Crippen molar-refractivity contribution < 1.29 is 17.9 Å². The molecule has 1 unspecified atom stereocenters. The van der Waals surface area contributed by atoms with E-state index in [1.54, 1.807) is 31.4 Å². The quantitative estimate of drug-likeness (QED) is 0.604. The van der Waals surface area contributed by atoms with E-state index in [0.717, 1.165) is 35.4 Å². The van der Waals surface area contributed by atoms with Crippen molar-refractivity contribution in [2.45, 2.75) is 17.7 Å². The van der Waals surface area contributed by atoms with Crippen molar-refractivity contribution in [2.75, 3.05) is 51.3 Å². The minimum absolute atomic E-state index is 0.0559. The first-order valence-electron chi connectivity index (χ1n) is 10.8. The monoisotopic (exact) mass is 521 g/mol. The van der Waals surface area contributed by atoms with Gasteiger partial charge >= 0.3 is 0 Å². The van der Waals surface area contributed by atoms with Gasteiger partial charge in [0.2, 0.25) is 15.9 Å². The number of nitrogens with zero attached hydrogens (tertiary/aromatic N) is 3. The molecule has 172 valence electrons. The number of amides is 1. The third-order valence-corrected chi connectivity index (χ3v) is 8.61. The van der Waals surface area contributed by atoms with E-state index in [9.17, 15) is 13.2 Å². The molecule has 0 aromatic heterocycles. The summed E-state index contributed by atoms with van der Waals surface area (Å²) in [7, 11) is -1.95. The molecule has 0 bridgehead atoms. The SMILES string of the molecule is COc1ccccc1N1CCN(C(=O)C2CCCN(S(=O)(=O)c3ccc(Br)cc3)C2)CC1. The number of methoxy groups -OCH3 is 1. The first kappa shape index (κ1) is 23.1. The number of halogens is 1. The molecule has 0 radical (unpaired) electrons. The molecule has 2 aromatic carbocycles. The normalized spacial score (nSPS) is 20.2. The molecule has 2 aliphatic heterocycles. The zero-order valence-electron chi connectivity index (χ0n) is 18.1. The molecule has 0 spiro atoms. The van der Waals surface area contributed by atoms with Gasteiger partial charge in [0.05, 0.1) is 23.6 Å². The van der Waals surface area contributed by atoms with Crippen molar-refractivity contribution in [1.29, 1.82) is 0 Å². The highest BCUT2D eigenvalue weighted by Gasteiger charge is 2.36. The van der Waals surface area contributed by atoms with E-state index < -0.39 is 10.0 Å². The first-order valence-corrected chi connectivity index (χ1v) is 13.1. The second kappa shape index (κ2) is 9.80. The summed E-state index contributed by atoms with van der Waals surface area (Å²) in [5, 5.41) is 0. The average molecular weight is 522 g/mol. The Morgan fingerprint density at radius 2 is 1.69 bits per heavy atom. The number of carbonyl (C=O) groups is 1. The summed E-state index contributed by atoms with van der Waals surface area (Å²) >= 11 is 3.34. The van der Waals surface area contributed by atoms with E-state index >= 15 is 0 Å². The Labute approximate surface area is 198 Å². The van der Waals surface area contributed by atoms with E-state index in [1.807, 2.05) is 29.2 Å². The largest absolute Gasteiger partial charge is 0.495 e. The zero-order chi connectivity index (χ0) is 22.7. The summed E-state index contributed by atoms with van der Waals surface area (Å²) in [6.45, 7) is 3.37. The van der Waals surface area contributed by atoms with Gasteiger partial charge < -0.3 is 14.5 Å². The van der Waals surface area contributed by atoms with Crippen LogP contribution in [0.3, 0.4) is 0 Å². The van der Waals surface area contributed by atoms with Crippen molar-refractivity contribution >= 4 is 37.5 Å². The Morgan fingerprint density at radius 3 is 2.38 bits per heavy atom. The summed E-state index contributed by atoms with van der Waals surface area (Å²) in [5.41, 5.74) is 1.03. The van der Waals surface area contributed by atoms with Crippen molar-refractivity contribution in [3.8, 4) is 5.75 Å². The molecule has 2 aromatic rings. The van der Waals surface area contributed by atoms with Crippen molar-refractivity contribution in [3.05, 3.63) is 53.0 Å². The highest BCUT2D eigenvalue weighted by Crippen LogP contribution is 2.30. The molecule has 0 saturated carbocycles. The van der Waals surface area contributed by atoms with Gasteiger partial charge in [0.15, 0.2) is 0 Å². The number of ether oxygens (including phenoxy) is 1. The number of rotatable bonds is 5. The molecule has 0 aliphatic carbocycles. The Morgan fingerprint density at radius 1 is 1.00 bits per heavy atom. The number of carbonyl (C=O) groups excluding carboxylic acids is 1. The second-order valence-electron chi connectivity index (χ2n) is 8.14. The molecule has 2 saturated heterocycles. The second-order valence-corrected chi connectivity index (χ2v) is 11.0. The fraction of sp³-hybridized carbons (Fsp3) is 0.435. The van der Waals surface area contributed by atoms with Gasteiger partial charge in [-0.25, -0.2) is 8.42 Å². The molecule has 9 heteroatoms. The van der Waals surface area contributed by atoms with Gasteiger partial charge in [-0.15, -0.1) is 0 Å². The maximum absolute atomic E-state index is 13.2. The van der Waals surface area contributed by atoms with Crippen LogP contribution in [-0.4, -0.2) is 69.9 Å². The molecule has 2 heterocycles. The summed E-state index contributed by atoms with van der Waals surface area (Å²) in [4.78, 5) is 17.6. The van der Waals surface area contributed by atoms with Crippen LogP contribution in [0.2, 0.25) is 0 Å². The van der Waals surface area contributed by atoms with Crippen LogP contribution in [0.1, 0.15) is 12.8 Å². The highest BCUT2D eigenvalue weighted by molar-refractivity contribution is 9.10. The number of hydrogen-bond acceptors (Lipinski definition) is 5. The van der Waals surface area contributed by atoms with Crippen LogP contribution >= 0.6 is 15.9 Å². The van der Waals surface area contributed by atoms with Crippen LogP contribution in [0.25, 0.3) is 0 Å². The van der Waals surface area contributed by atoms with Crippen LogP contribution in [0.5, 0.6) is 5.75 Å². The minimum atomic E-state index is -3.61. The summed E-state index contributed by atoms with van der Waals surface area (Å²) < 4.78 is 33.9. The number of anilines is 1. The van der Waals surface area contributed by atoms with Gasteiger partial charge in [0.25, 0.3) is 0 Å². The lowest BCUT2D eigenvalue weighted by Crippen LogP contribution is -2.53. The lowest BCUT2D eigenvalue weighted by molar-refractivity contribution is -0.137. The van der Waals surface area contributed by atoms with E-state index in [2.05, 4.69) is 20.8 Å². The minimum Gasteiger partial charge on any atom is -0.495 e. The summed E-state index contributed by atoms with van der Waals surface area (Å²) in [5.74, 6) is 0.584. The standard InChI is InChI=1S/C23H28BrN3O4S/c1-31-22-7-3-2-6-21(22)25-13-15-26(16-14-25)23(28)18-5-4-12-27(17-18)32(29,30)20-10-8-19(24)9-11-20/h2-3,6-11,18H,4-5,12-17H2,1H3. The smallest absolute Gasteiger partial charge is 0.243 e. The van der Waals surface area contributed by atoms with Crippen molar-refractivity contribution in [1.82, 2.24) is 9.21 Å². The number of hydrogen-bond donors (Lipinski definition) is 0. The molecule has 32 heavy (non-hydrogen) atoms. The van der Waals surface area contributed by atoms with Crippen LogP contribution in [0.15, 0.2) is 57.9 Å². The zero-order valence-corrected chi connectivity index (χ0v) is 20.5. The van der Waals surface area contributed by atoms with Crippen molar-refractivity contribution in [2.24, 2.45) is 5.92 Å². The van der Waals surface area contributed by atoms with E-state index in [-0.39, 0.29) is 23.3 Å². The maximum Gasteiger partial charge on any atom is 0.243 e. The average Bonchev–Trinajstić information content (AvgIpc) is 2.84. The molecular weight excluding hydrogens is 494 g/mol. The van der Waals surface area contributed by atoms with Crippen LogP contribution in [0.4, 0.5) is 5.69 Å². The van der Waals surface area contributed by atoms with Gasteiger partial charge in [-0.1, -0.05) is 28.1 Å². The molecule has 7 nitrogen and oxygen atoms in total. The predicted molar refractivity (Wildman–Crippen MR) is 127 cm³/mol. The number of sulfonamides is 1. The lowest BCUT2D eigenvalue weighted by Gasteiger charge is -2.39. The fourth-order valence-electron chi connectivity index (χ4n) is 4.43. The molecule has 2 aliphatic rings. The number of benzene rings is 2. The number of para-hydroxylation sites is 2. The molecule has 4 rings (SSSR count). The Hall–Kier alpha value is -2.10. The summed E-state index contributed by atoms with van der Waals surface area (Å²) in [6.07, 6.45) is 1.41. The number of piperidine rings is 1. The van der Waals surface area contributed by atoms with Crippen LogP contribution in [0, 0.1) is 5.92 Å². The fourth-order valence-corrected chi connectivity index (χ4v) is 6.22. The van der Waals surface area contributed by atoms with E-state index in [1.165, 1.54) is 4.31 Å². The first-order chi connectivity index (χ1) is 15.4. The Kier molecular flexibility index (Phi) is 7.07. The highest BCUT2D eigenvalue weighted by atomic mass is 79.9. The predicted octanol–water partition coefficient (Wildman–Crippen LogP) is 3.21. The maximum atomic E-state index is 13.2. The van der Waals surface area contributed by atoms with Gasteiger partial charge in [-0.05, 0) is 49.2 Å². The molecule has 2 fully saturated rings. The third-order valence-electron chi connectivity index (χ3n) is 6.20. The van der Waals surface area contributed by atoms with Crippen molar-refractivity contribution in [3.63, 3.8) is 0 Å². The van der Waals surface area contributed by atoms with Gasteiger partial charge in [-0.2, -0.15) is 4.31 Å². The molecule has 1 atom stereocenters. The van der Waals surface area contributed by atoms with Gasteiger partial charge in [-0.3, -0.25) is 4.79 Å². The number of piperazine rings is 1.